The summed E-state index contributed by atoms with van der Waals surface area (Å²) in [7, 11) is 1.98. The highest BCUT2D eigenvalue weighted by molar-refractivity contribution is 5.66. The predicted octanol–water partition coefficient (Wildman–Crippen LogP) is 0.518. The molecule has 7 nitrogen and oxygen atoms in total. The summed E-state index contributed by atoms with van der Waals surface area (Å²) in [5.41, 5.74) is 6.79. The summed E-state index contributed by atoms with van der Waals surface area (Å²) in [5.74, 6) is 0. The van der Waals surface area contributed by atoms with Crippen molar-refractivity contribution in [2.24, 2.45) is 0 Å². The van der Waals surface area contributed by atoms with Crippen LogP contribution in [0, 0.1) is 10.1 Å². The van der Waals surface area contributed by atoms with Gasteiger partial charge in [0.25, 0.3) is 5.69 Å². The van der Waals surface area contributed by atoms with Gasteiger partial charge in [0.05, 0.1) is 4.92 Å². The van der Waals surface area contributed by atoms with Gasteiger partial charge in [0, 0.05) is 58.1 Å². The summed E-state index contributed by atoms with van der Waals surface area (Å²) in [4.78, 5) is 14.8. The first-order valence-electron chi connectivity index (χ1n) is 6.76. The number of nitrogens with two attached hydrogens (primary N) is 1. The number of anilines is 2. The lowest BCUT2D eigenvalue weighted by atomic mass is 10.2. The SMILES string of the molecule is CN(CCN1CCNCC1)c1ccc([N+](=O)[O-])c(N)c1. The number of nitrogens with one attached hydrogen (secondary N) is 1. The van der Waals surface area contributed by atoms with E-state index < -0.39 is 4.92 Å². The lowest BCUT2D eigenvalue weighted by Gasteiger charge is -2.29. The quantitative estimate of drug-likeness (QED) is 0.464. The molecule has 0 aliphatic carbocycles. The van der Waals surface area contributed by atoms with Gasteiger partial charge in [-0.25, -0.2) is 0 Å². The Morgan fingerprint density at radius 2 is 2.15 bits per heavy atom. The molecule has 1 aromatic rings. The normalized spacial score (nSPS) is 16.1. The van der Waals surface area contributed by atoms with Crippen LogP contribution in [0.3, 0.4) is 0 Å². The average Bonchev–Trinajstić information content (AvgIpc) is 2.45. The third kappa shape index (κ3) is 3.58. The van der Waals surface area contributed by atoms with Crippen molar-refractivity contribution in [3.63, 3.8) is 0 Å². The third-order valence-corrected chi connectivity index (χ3v) is 3.61. The molecule has 0 spiro atoms. The van der Waals surface area contributed by atoms with Crippen LogP contribution in [0.5, 0.6) is 0 Å². The number of nitrogens with zero attached hydrogens (tertiary/aromatic N) is 3. The van der Waals surface area contributed by atoms with E-state index in [9.17, 15) is 10.1 Å². The number of nitro benzene ring substituents is 1. The minimum Gasteiger partial charge on any atom is -0.393 e. The van der Waals surface area contributed by atoms with E-state index in [0.29, 0.717) is 0 Å². The van der Waals surface area contributed by atoms with E-state index >= 15 is 0 Å². The number of benzene rings is 1. The maximum atomic E-state index is 10.7. The molecule has 2 rings (SSSR count). The maximum Gasteiger partial charge on any atom is 0.292 e. The minimum absolute atomic E-state index is 0.0377. The molecule has 1 aliphatic rings. The first-order valence-corrected chi connectivity index (χ1v) is 6.76. The van der Waals surface area contributed by atoms with Crippen molar-refractivity contribution in [1.29, 1.82) is 0 Å². The molecule has 0 aromatic heterocycles. The van der Waals surface area contributed by atoms with Crippen LogP contribution in [0.2, 0.25) is 0 Å². The van der Waals surface area contributed by atoms with Crippen LogP contribution in [0.25, 0.3) is 0 Å². The lowest BCUT2D eigenvalue weighted by Crippen LogP contribution is -2.46. The van der Waals surface area contributed by atoms with Gasteiger partial charge < -0.3 is 16.0 Å². The molecule has 110 valence electrons. The van der Waals surface area contributed by atoms with E-state index in [4.69, 9.17) is 5.73 Å². The van der Waals surface area contributed by atoms with Gasteiger partial charge >= 0.3 is 0 Å². The van der Waals surface area contributed by atoms with Crippen molar-refractivity contribution in [2.75, 3.05) is 56.9 Å². The van der Waals surface area contributed by atoms with E-state index in [2.05, 4.69) is 15.1 Å². The molecule has 7 heteroatoms. The van der Waals surface area contributed by atoms with Gasteiger partial charge in [-0.15, -0.1) is 0 Å². The number of nitro groups is 1. The number of rotatable bonds is 5. The number of nitrogen functional groups attached to an aromatic ring is 1. The fraction of sp³-hybridized carbons (Fsp3) is 0.538. The molecule has 1 heterocycles. The fourth-order valence-corrected chi connectivity index (χ4v) is 2.30. The van der Waals surface area contributed by atoms with Crippen LogP contribution in [0.4, 0.5) is 17.1 Å². The van der Waals surface area contributed by atoms with Crippen molar-refractivity contribution >= 4 is 17.1 Å². The van der Waals surface area contributed by atoms with Gasteiger partial charge in [-0.1, -0.05) is 0 Å². The van der Waals surface area contributed by atoms with Crippen LogP contribution in [0.1, 0.15) is 0 Å². The van der Waals surface area contributed by atoms with Crippen molar-refractivity contribution in [2.45, 2.75) is 0 Å². The molecular weight excluding hydrogens is 258 g/mol. The van der Waals surface area contributed by atoms with Gasteiger partial charge in [-0.05, 0) is 12.1 Å². The molecule has 0 unspecified atom stereocenters. The number of likely N-dealkylation sites (N-methyl/N-ethyl adjacent to an activating group) is 1. The second-order valence-electron chi connectivity index (χ2n) is 5.01. The Morgan fingerprint density at radius 3 is 2.75 bits per heavy atom. The van der Waals surface area contributed by atoms with Crippen molar-refractivity contribution in [1.82, 2.24) is 10.2 Å². The highest BCUT2D eigenvalue weighted by atomic mass is 16.6. The van der Waals surface area contributed by atoms with E-state index in [1.54, 1.807) is 12.1 Å². The summed E-state index contributed by atoms with van der Waals surface area (Å²) in [6.07, 6.45) is 0. The monoisotopic (exact) mass is 279 g/mol. The van der Waals surface area contributed by atoms with Gasteiger partial charge in [0.1, 0.15) is 5.69 Å². The fourth-order valence-electron chi connectivity index (χ4n) is 2.30. The summed E-state index contributed by atoms with van der Waals surface area (Å²) in [5, 5.41) is 14.1. The Bertz CT molecular complexity index is 474. The van der Waals surface area contributed by atoms with Crippen LogP contribution in [0.15, 0.2) is 18.2 Å². The van der Waals surface area contributed by atoms with Gasteiger partial charge in [-0.2, -0.15) is 0 Å². The topological polar surface area (TPSA) is 87.7 Å². The molecule has 3 N–H and O–H groups in total. The molecule has 0 atom stereocenters. The molecule has 0 amide bonds. The summed E-state index contributed by atoms with van der Waals surface area (Å²) in [6, 6.07) is 4.87. The Kier molecular flexibility index (Phi) is 4.75. The smallest absolute Gasteiger partial charge is 0.292 e. The van der Waals surface area contributed by atoms with E-state index in [-0.39, 0.29) is 11.4 Å². The van der Waals surface area contributed by atoms with Crippen molar-refractivity contribution in [3.05, 3.63) is 28.3 Å². The second kappa shape index (κ2) is 6.53. The molecule has 0 radical (unpaired) electrons. The zero-order valence-electron chi connectivity index (χ0n) is 11.7. The van der Waals surface area contributed by atoms with Crippen LogP contribution >= 0.6 is 0 Å². The molecule has 0 saturated carbocycles. The van der Waals surface area contributed by atoms with Gasteiger partial charge in [-0.3, -0.25) is 15.0 Å². The summed E-state index contributed by atoms with van der Waals surface area (Å²) in [6.45, 7) is 6.06. The number of hydrogen-bond acceptors (Lipinski definition) is 6. The lowest BCUT2D eigenvalue weighted by molar-refractivity contribution is -0.383. The Morgan fingerprint density at radius 1 is 1.45 bits per heavy atom. The van der Waals surface area contributed by atoms with Crippen molar-refractivity contribution < 1.29 is 4.92 Å². The van der Waals surface area contributed by atoms with Crippen LogP contribution < -0.4 is 16.0 Å². The highest BCUT2D eigenvalue weighted by Crippen LogP contribution is 2.26. The van der Waals surface area contributed by atoms with E-state index in [0.717, 1.165) is 45.0 Å². The predicted molar refractivity (Wildman–Crippen MR) is 80.1 cm³/mol. The largest absolute Gasteiger partial charge is 0.393 e. The molecule has 1 fully saturated rings. The molecule has 1 saturated heterocycles. The molecule has 0 bridgehead atoms. The average molecular weight is 279 g/mol. The first-order chi connectivity index (χ1) is 9.58. The summed E-state index contributed by atoms with van der Waals surface area (Å²) >= 11 is 0. The Labute approximate surface area is 118 Å². The zero-order valence-corrected chi connectivity index (χ0v) is 11.7. The third-order valence-electron chi connectivity index (χ3n) is 3.61. The molecular formula is C13H21N5O2. The molecule has 1 aromatic carbocycles. The second-order valence-corrected chi connectivity index (χ2v) is 5.01. The molecule has 20 heavy (non-hydrogen) atoms. The summed E-state index contributed by atoms with van der Waals surface area (Å²) < 4.78 is 0. The van der Waals surface area contributed by atoms with Gasteiger partial charge in [0.15, 0.2) is 0 Å². The zero-order chi connectivity index (χ0) is 14.5. The number of piperazine rings is 1. The van der Waals surface area contributed by atoms with Gasteiger partial charge in [0.2, 0.25) is 0 Å². The van der Waals surface area contributed by atoms with E-state index in [1.807, 2.05) is 7.05 Å². The van der Waals surface area contributed by atoms with Crippen LogP contribution in [-0.2, 0) is 0 Å². The standard InChI is InChI=1S/C13H21N5O2/c1-16(8-9-17-6-4-15-5-7-17)11-2-3-13(18(19)20)12(14)10-11/h2-3,10,15H,4-9,14H2,1H3. The Hall–Kier alpha value is -1.86. The van der Waals surface area contributed by atoms with E-state index in [1.165, 1.54) is 6.07 Å². The number of hydrogen-bond donors (Lipinski definition) is 2. The van der Waals surface area contributed by atoms with Crippen LogP contribution in [-0.4, -0.2) is 56.1 Å². The minimum atomic E-state index is -0.458. The molecule has 1 aliphatic heterocycles. The maximum absolute atomic E-state index is 10.7. The van der Waals surface area contributed by atoms with Crippen molar-refractivity contribution in [3.8, 4) is 0 Å². The first kappa shape index (κ1) is 14.5. The highest BCUT2D eigenvalue weighted by Gasteiger charge is 2.14. The Balaban J connectivity index is 1.93.